The Balaban J connectivity index is 1.69. The summed E-state index contributed by atoms with van der Waals surface area (Å²) in [4.78, 5) is 47.8. The fourth-order valence-corrected chi connectivity index (χ4v) is 4.07. The van der Waals surface area contributed by atoms with Crippen LogP contribution >= 0.6 is 23.4 Å². The number of carbonyl (C=O) groups excluding carboxylic acids is 3. The summed E-state index contributed by atoms with van der Waals surface area (Å²) in [7, 11) is 0. The number of nitro benzene ring substituents is 1. The molecule has 1 heterocycles. The number of amides is 1. The largest absolute Gasteiger partial charge is 0.465 e. The van der Waals surface area contributed by atoms with Crippen LogP contribution in [0.15, 0.2) is 46.0 Å². The highest BCUT2D eigenvalue weighted by Gasteiger charge is 2.29. The van der Waals surface area contributed by atoms with Gasteiger partial charge in [-0.15, -0.1) is 10.2 Å². The molecule has 206 valence electrons. The smallest absolute Gasteiger partial charge is 0.315 e. The Kier molecular flexibility index (Phi) is 10.4. The van der Waals surface area contributed by atoms with Crippen molar-refractivity contribution in [1.29, 1.82) is 0 Å². The van der Waals surface area contributed by atoms with E-state index in [0.29, 0.717) is 18.6 Å². The highest BCUT2D eigenvalue weighted by molar-refractivity contribution is 7.98. The summed E-state index contributed by atoms with van der Waals surface area (Å²) in [5.74, 6) is -1.92. The molecule has 0 aliphatic carbocycles. The number of Topliss-reactive ketones (excluding diaryl/α,β-unsaturated/α-hetero) is 1. The lowest BCUT2D eigenvalue weighted by Crippen LogP contribution is -2.38. The van der Waals surface area contributed by atoms with Gasteiger partial charge >= 0.3 is 11.7 Å². The summed E-state index contributed by atoms with van der Waals surface area (Å²) < 4.78 is 15.9. The number of ketones is 1. The minimum absolute atomic E-state index is 0.0915. The van der Waals surface area contributed by atoms with Crippen LogP contribution in [-0.2, 0) is 31.3 Å². The second-order valence-electron chi connectivity index (χ2n) is 8.29. The van der Waals surface area contributed by atoms with Gasteiger partial charge in [-0.05, 0) is 49.6 Å². The first-order valence-corrected chi connectivity index (χ1v) is 13.1. The monoisotopic (exact) mass is 576 g/mol. The van der Waals surface area contributed by atoms with Gasteiger partial charge in [-0.25, -0.2) is 0 Å². The number of hydrogen-bond donors (Lipinski definition) is 1. The van der Waals surface area contributed by atoms with Crippen LogP contribution in [0.3, 0.4) is 0 Å². The average molecular weight is 577 g/mol. The molecule has 0 aliphatic rings. The Hall–Kier alpha value is -3.97. The highest BCUT2D eigenvalue weighted by atomic mass is 35.5. The number of rotatable bonds is 13. The Labute approximate surface area is 232 Å². The van der Waals surface area contributed by atoms with Crippen molar-refractivity contribution in [3.63, 3.8) is 0 Å². The second-order valence-corrected chi connectivity index (χ2v) is 9.62. The molecule has 0 bridgehead atoms. The third-order valence-corrected chi connectivity index (χ3v) is 6.24. The number of aromatic nitrogens is 2. The van der Waals surface area contributed by atoms with E-state index in [-0.39, 0.29) is 39.7 Å². The van der Waals surface area contributed by atoms with Gasteiger partial charge in [-0.2, -0.15) is 0 Å². The first-order valence-electron chi connectivity index (χ1n) is 11.7. The predicted molar refractivity (Wildman–Crippen MR) is 142 cm³/mol. The van der Waals surface area contributed by atoms with Crippen molar-refractivity contribution < 1.29 is 33.2 Å². The third kappa shape index (κ3) is 8.52. The maximum atomic E-state index is 12.8. The lowest BCUT2D eigenvalue weighted by Gasteiger charge is -2.17. The molecule has 0 fully saturated rings. The van der Waals surface area contributed by atoms with Gasteiger partial charge in [0.15, 0.2) is 11.5 Å². The van der Waals surface area contributed by atoms with Crippen molar-refractivity contribution in [1.82, 2.24) is 10.2 Å². The minimum Gasteiger partial charge on any atom is -0.465 e. The van der Waals surface area contributed by atoms with Gasteiger partial charge in [0.2, 0.25) is 12.0 Å². The molecule has 3 aromatic rings. The molecule has 3 rings (SSSR count). The molecule has 1 atom stereocenters. The van der Waals surface area contributed by atoms with E-state index in [1.807, 2.05) is 6.92 Å². The molecule has 0 spiro atoms. The zero-order valence-electron chi connectivity index (χ0n) is 21.3. The molecule has 12 nitrogen and oxygen atoms in total. The molecule has 39 heavy (non-hydrogen) atoms. The molecule has 0 radical (unpaired) electrons. The Morgan fingerprint density at radius 3 is 2.67 bits per heavy atom. The van der Waals surface area contributed by atoms with Crippen LogP contribution in [0.25, 0.3) is 0 Å². The SMILES string of the molecule is CCCOC(=O)Cc1nnc(SCc2ccc(OC(C(C)=O)C(=O)Nc3cc(C)ccc3Cl)c([N+](=O)[O-])c2)o1. The quantitative estimate of drug-likeness (QED) is 0.0985. The zero-order chi connectivity index (χ0) is 28.5. The summed E-state index contributed by atoms with van der Waals surface area (Å²) in [6.45, 7) is 5.11. The summed E-state index contributed by atoms with van der Waals surface area (Å²) in [5.41, 5.74) is 1.17. The molecule has 14 heteroatoms. The molecule has 1 unspecified atom stereocenters. The van der Waals surface area contributed by atoms with Gasteiger partial charge in [0, 0.05) is 11.8 Å². The fraction of sp³-hybridized carbons (Fsp3) is 0.320. The van der Waals surface area contributed by atoms with Crippen LogP contribution in [-0.4, -0.2) is 45.5 Å². The van der Waals surface area contributed by atoms with E-state index in [1.165, 1.54) is 12.1 Å². The number of hydrogen-bond acceptors (Lipinski definition) is 11. The van der Waals surface area contributed by atoms with Gasteiger partial charge < -0.3 is 19.2 Å². The Morgan fingerprint density at radius 1 is 1.21 bits per heavy atom. The van der Waals surface area contributed by atoms with Gasteiger partial charge in [-0.1, -0.05) is 42.4 Å². The average Bonchev–Trinajstić information content (AvgIpc) is 3.33. The third-order valence-electron chi connectivity index (χ3n) is 5.03. The van der Waals surface area contributed by atoms with Crippen LogP contribution < -0.4 is 10.1 Å². The number of esters is 1. The molecule has 0 saturated heterocycles. The number of thioether (sulfide) groups is 1. The lowest BCUT2D eigenvalue weighted by atomic mass is 10.1. The van der Waals surface area contributed by atoms with E-state index in [0.717, 1.165) is 24.2 Å². The molecular formula is C25H25ClN4O8S. The highest BCUT2D eigenvalue weighted by Crippen LogP contribution is 2.32. The fourth-order valence-electron chi connectivity index (χ4n) is 3.18. The van der Waals surface area contributed by atoms with E-state index in [9.17, 15) is 24.5 Å². The maximum Gasteiger partial charge on any atom is 0.315 e. The number of nitrogens with one attached hydrogen (secondary N) is 1. The molecule has 0 saturated carbocycles. The number of ether oxygens (including phenoxy) is 2. The van der Waals surface area contributed by atoms with Gasteiger partial charge in [0.05, 0.1) is 22.2 Å². The van der Waals surface area contributed by atoms with E-state index in [2.05, 4.69) is 15.5 Å². The van der Waals surface area contributed by atoms with Gasteiger partial charge in [0.25, 0.3) is 11.1 Å². The summed E-state index contributed by atoms with van der Waals surface area (Å²) in [5, 5.41) is 22.4. The van der Waals surface area contributed by atoms with E-state index in [1.54, 1.807) is 31.2 Å². The molecular weight excluding hydrogens is 552 g/mol. The van der Waals surface area contributed by atoms with E-state index in [4.69, 9.17) is 25.5 Å². The molecule has 1 amide bonds. The standard InChI is InChI=1S/C25H25ClN4O8S/c1-4-9-36-22(32)12-21-28-29-25(38-21)39-13-16-6-8-20(19(11-16)30(34)35)37-23(15(3)31)24(33)27-18-10-14(2)5-7-17(18)26/h5-8,10-11,23H,4,9,12-13H2,1-3H3,(H,27,33). The predicted octanol–water partition coefficient (Wildman–Crippen LogP) is 4.70. The van der Waals surface area contributed by atoms with Crippen molar-refractivity contribution in [3.05, 3.63) is 68.6 Å². The number of benzene rings is 2. The van der Waals surface area contributed by atoms with Crippen LogP contribution in [0, 0.1) is 17.0 Å². The normalized spacial score (nSPS) is 11.5. The first-order chi connectivity index (χ1) is 18.6. The zero-order valence-corrected chi connectivity index (χ0v) is 22.8. The summed E-state index contributed by atoms with van der Waals surface area (Å²) in [6, 6.07) is 9.07. The van der Waals surface area contributed by atoms with Gasteiger partial charge in [-0.3, -0.25) is 24.5 Å². The number of carbonyl (C=O) groups is 3. The number of anilines is 1. The van der Waals surface area contributed by atoms with Crippen LogP contribution in [0.2, 0.25) is 5.02 Å². The van der Waals surface area contributed by atoms with Crippen LogP contribution in [0.5, 0.6) is 5.75 Å². The molecule has 0 aliphatic heterocycles. The van der Waals surface area contributed by atoms with Crippen LogP contribution in [0.1, 0.15) is 37.3 Å². The first kappa shape index (κ1) is 29.6. The van der Waals surface area contributed by atoms with E-state index >= 15 is 0 Å². The number of aryl methyl sites for hydroxylation is 1. The number of nitrogens with zero attached hydrogens (tertiary/aromatic N) is 3. The number of nitro groups is 1. The van der Waals surface area contributed by atoms with Crippen molar-refractivity contribution >= 4 is 52.4 Å². The second kappa shape index (κ2) is 13.7. The van der Waals surface area contributed by atoms with Crippen molar-refractivity contribution in [2.24, 2.45) is 0 Å². The number of halogens is 1. The lowest BCUT2D eigenvalue weighted by molar-refractivity contribution is -0.386. The van der Waals surface area contributed by atoms with Crippen molar-refractivity contribution in [3.8, 4) is 5.75 Å². The van der Waals surface area contributed by atoms with Crippen LogP contribution in [0.4, 0.5) is 11.4 Å². The molecule has 2 aromatic carbocycles. The van der Waals surface area contributed by atoms with Crippen molar-refractivity contribution in [2.45, 2.75) is 50.7 Å². The summed E-state index contributed by atoms with van der Waals surface area (Å²) >= 11 is 7.22. The van der Waals surface area contributed by atoms with Crippen molar-refractivity contribution in [2.75, 3.05) is 11.9 Å². The van der Waals surface area contributed by atoms with E-state index < -0.39 is 34.4 Å². The Morgan fingerprint density at radius 2 is 1.97 bits per heavy atom. The molecule has 1 aromatic heterocycles. The summed E-state index contributed by atoms with van der Waals surface area (Å²) in [6.07, 6.45) is -1.12. The molecule has 1 N–H and O–H groups in total. The maximum absolute atomic E-state index is 12.8. The topological polar surface area (TPSA) is 164 Å². The van der Waals surface area contributed by atoms with Gasteiger partial charge in [0.1, 0.15) is 6.42 Å². The Bertz CT molecular complexity index is 1380. The minimum atomic E-state index is -1.65.